The molecule has 1 aliphatic heterocycles. The van der Waals surface area contributed by atoms with Gasteiger partial charge in [0.05, 0.1) is 31.5 Å². The predicted octanol–water partition coefficient (Wildman–Crippen LogP) is 0.216. The first-order valence-electron chi connectivity index (χ1n) is 4.97. The highest BCUT2D eigenvalue weighted by Crippen LogP contribution is 2.18. The second kappa shape index (κ2) is 4.06. The van der Waals surface area contributed by atoms with Gasteiger partial charge in [0, 0.05) is 12.2 Å². The Labute approximate surface area is 83.4 Å². The smallest absolute Gasteiger partial charge is 0.0945 e. The van der Waals surface area contributed by atoms with Crippen LogP contribution in [0.25, 0.3) is 0 Å². The average Bonchev–Trinajstić information content (AvgIpc) is 2.70. The minimum Gasteiger partial charge on any atom is -0.377 e. The van der Waals surface area contributed by atoms with Gasteiger partial charge < -0.3 is 10.1 Å². The van der Waals surface area contributed by atoms with E-state index in [-0.39, 0.29) is 6.04 Å². The Balaban J connectivity index is 2.04. The van der Waals surface area contributed by atoms with E-state index in [9.17, 15) is 0 Å². The molecule has 2 atom stereocenters. The van der Waals surface area contributed by atoms with Gasteiger partial charge in [0.2, 0.25) is 0 Å². The van der Waals surface area contributed by atoms with Gasteiger partial charge in [-0.3, -0.25) is 0 Å². The molecule has 0 spiro atoms. The number of nitrogens with one attached hydrogen (secondary N) is 1. The lowest BCUT2D eigenvalue weighted by Crippen LogP contribution is -2.41. The third kappa shape index (κ3) is 1.93. The fourth-order valence-electron chi connectivity index (χ4n) is 1.79. The van der Waals surface area contributed by atoms with Crippen molar-refractivity contribution in [3.05, 3.63) is 12.4 Å². The molecule has 78 valence electrons. The summed E-state index contributed by atoms with van der Waals surface area (Å²) in [5, 5.41) is 11.3. The minimum atomic E-state index is 0.278. The summed E-state index contributed by atoms with van der Waals surface area (Å²) in [5.41, 5.74) is 0. The van der Waals surface area contributed by atoms with Crippen molar-refractivity contribution in [2.24, 2.45) is 0 Å². The molecule has 0 saturated carbocycles. The quantitative estimate of drug-likeness (QED) is 0.751. The summed E-state index contributed by atoms with van der Waals surface area (Å²) in [6.07, 6.45) is 3.58. The van der Waals surface area contributed by atoms with E-state index in [0.29, 0.717) is 18.7 Å². The largest absolute Gasteiger partial charge is 0.377 e. The molecule has 1 N–H and O–H groups in total. The van der Waals surface area contributed by atoms with Crippen LogP contribution in [0.5, 0.6) is 0 Å². The van der Waals surface area contributed by atoms with E-state index in [2.05, 4.69) is 29.5 Å². The maximum absolute atomic E-state index is 5.44. The summed E-state index contributed by atoms with van der Waals surface area (Å²) < 4.78 is 7.31. The molecule has 1 fully saturated rings. The molecule has 0 unspecified atom stereocenters. The third-order valence-corrected chi connectivity index (χ3v) is 2.38. The second-order valence-electron chi connectivity index (χ2n) is 3.92. The molecule has 2 heterocycles. The normalized spacial score (nSPS) is 27.4. The summed E-state index contributed by atoms with van der Waals surface area (Å²) in [6, 6.07) is 1.09. The van der Waals surface area contributed by atoms with E-state index >= 15 is 0 Å². The number of hydrogen-bond acceptors (Lipinski definition) is 4. The Morgan fingerprint density at radius 1 is 1.50 bits per heavy atom. The first-order chi connectivity index (χ1) is 6.77. The number of nitrogens with zero attached hydrogens (tertiary/aromatic N) is 3. The predicted molar refractivity (Wildman–Crippen MR) is 51.9 cm³/mol. The maximum atomic E-state index is 5.44. The number of aromatic nitrogens is 3. The molecule has 0 aliphatic carbocycles. The van der Waals surface area contributed by atoms with Crippen LogP contribution in [-0.2, 0) is 4.74 Å². The van der Waals surface area contributed by atoms with Crippen LogP contribution >= 0.6 is 0 Å². The van der Waals surface area contributed by atoms with E-state index in [1.165, 1.54) is 0 Å². The van der Waals surface area contributed by atoms with Crippen LogP contribution < -0.4 is 5.32 Å². The lowest BCUT2D eigenvalue weighted by Gasteiger charge is -2.20. The van der Waals surface area contributed by atoms with Gasteiger partial charge in [-0.2, -0.15) is 0 Å². The molecule has 5 heteroatoms. The van der Waals surface area contributed by atoms with Crippen LogP contribution in [0.3, 0.4) is 0 Å². The zero-order valence-electron chi connectivity index (χ0n) is 8.55. The van der Waals surface area contributed by atoms with Crippen molar-refractivity contribution >= 4 is 0 Å². The van der Waals surface area contributed by atoms with Gasteiger partial charge in [-0.25, -0.2) is 4.68 Å². The highest BCUT2D eigenvalue weighted by Gasteiger charge is 2.30. The van der Waals surface area contributed by atoms with Crippen LogP contribution in [0.2, 0.25) is 0 Å². The van der Waals surface area contributed by atoms with Crippen molar-refractivity contribution < 1.29 is 4.74 Å². The molecule has 0 amide bonds. The van der Waals surface area contributed by atoms with E-state index in [4.69, 9.17) is 4.74 Å². The standard InChI is InChI=1S/C9H16N4O/c1-7(2)11-8-5-14-6-9(8)13-4-3-10-12-13/h3-4,7-9,11H,5-6H2,1-2H3/t8-,9+/m0/s1. The van der Waals surface area contributed by atoms with E-state index < -0.39 is 0 Å². The molecule has 14 heavy (non-hydrogen) atoms. The van der Waals surface area contributed by atoms with Crippen molar-refractivity contribution in [2.45, 2.75) is 32.0 Å². The SMILES string of the molecule is CC(C)N[C@H]1COC[C@H]1n1ccnn1. The van der Waals surface area contributed by atoms with Gasteiger partial charge in [0.25, 0.3) is 0 Å². The van der Waals surface area contributed by atoms with Crippen molar-refractivity contribution in [1.29, 1.82) is 0 Å². The molecule has 1 saturated heterocycles. The van der Waals surface area contributed by atoms with Gasteiger partial charge in [-0.05, 0) is 0 Å². The summed E-state index contributed by atoms with van der Waals surface area (Å²) in [6.45, 7) is 5.74. The molecule has 1 aromatic rings. The van der Waals surface area contributed by atoms with Crippen molar-refractivity contribution in [1.82, 2.24) is 20.3 Å². The highest BCUT2D eigenvalue weighted by atomic mass is 16.5. The first-order valence-corrected chi connectivity index (χ1v) is 4.97. The summed E-state index contributed by atoms with van der Waals surface area (Å²) >= 11 is 0. The zero-order chi connectivity index (χ0) is 9.97. The van der Waals surface area contributed by atoms with Crippen molar-refractivity contribution in [3.8, 4) is 0 Å². The van der Waals surface area contributed by atoms with Gasteiger partial charge in [-0.15, -0.1) is 5.10 Å². The fourth-order valence-corrected chi connectivity index (χ4v) is 1.79. The van der Waals surface area contributed by atoms with Crippen molar-refractivity contribution in [2.75, 3.05) is 13.2 Å². The van der Waals surface area contributed by atoms with Crippen molar-refractivity contribution in [3.63, 3.8) is 0 Å². The maximum Gasteiger partial charge on any atom is 0.0945 e. The fraction of sp³-hybridized carbons (Fsp3) is 0.778. The highest BCUT2D eigenvalue weighted by molar-refractivity contribution is 4.87. The van der Waals surface area contributed by atoms with E-state index in [1.54, 1.807) is 6.20 Å². The number of ether oxygens (including phenoxy) is 1. The Bertz CT molecular complexity index is 272. The topological polar surface area (TPSA) is 52.0 Å². The number of rotatable bonds is 3. The molecule has 0 aromatic carbocycles. The van der Waals surface area contributed by atoms with Crippen LogP contribution in [0.4, 0.5) is 0 Å². The van der Waals surface area contributed by atoms with Crippen LogP contribution in [-0.4, -0.2) is 40.3 Å². The van der Waals surface area contributed by atoms with Crippen LogP contribution in [0.1, 0.15) is 19.9 Å². The number of hydrogen-bond donors (Lipinski definition) is 1. The lowest BCUT2D eigenvalue weighted by molar-refractivity contribution is 0.180. The van der Waals surface area contributed by atoms with E-state index in [1.807, 2.05) is 10.9 Å². The third-order valence-electron chi connectivity index (χ3n) is 2.38. The molecule has 0 bridgehead atoms. The minimum absolute atomic E-state index is 0.278. The van der Waals surface area contributed by atoms with Gasteiger partial charge >= 0.3 is 0 Å². The molecule has 0 radical (unpaired) electrons. The summed E-state index contributed by atoms with van der Waals surface area (Å²) in [7, 11) is 0. The zero-order valence-corrected chi connectivity index (χ0v) is 8.55. The van der Waals surface area contributed by atoms with Crippen LogP contribution in [0.15, 0.2) is 12.4 Å². The molecule has 1 aliphatic rings. The monoisotopic (exact) mass is 196 g/mol. The second-order valence-corrected chi connectivity index (χ2v) is 3.92. The lowest BCUT2D eigenvalue weighted by atomic mass is 10.1. The molecule has 1 aromatic heterocycles. The molecule has 2 rings (SSSR count). The summed E-state index contributed by atoms with van der Waals surface area (Å²) in [4.78, 5) is 0. The molecule has 5 nitrogen and oxygen atoms in total. The Morgan fingerprint density at radius 3 is 3.00 bits per heavy atom. The van der Waals surface area contributed by atoms with E-state index in [0.717, 1.165) is 6.61 Å². The average molecular weight is 196 g/mol. The first kappa shape index (κ1) is 9.61. The Morgan fingerprint density at radius 2 is 2.36 bits per heavy atom. The Kier molecular flexibility index (Phi) is 2.79. The molecular weight excluding hydrogens is 180 g/mol. The van der Waals surface area contributed by atoms with Crippen LogP contribution in [0, 0.1) is 0 Å². The summed E-state index contributed by atoms with van der Waals surface area (Å²) in [5.74, 6) is 0. The van der Waals surface area contributed by atoms with Gasteiger partial charge in [0.15, 0.2) is 0 Å². The molecular formula is C9H16N4O. The Hall–Kier alpha value is -0.940. The van der Waals surface area contributed by atoms with Gasteiger partial charge in [0.1, 0.15) is 0 Å². The van der Waals surface area contributed by atoms with Gasteiger partial charge in [-0.1, -0.05) is 19.1 Å².